The summed E-state index contributed by atoms with van der Waals surface area (Å²) in [6.45, 7) is 0. The van der Waals surface area contributed by atoms with Gasteiger partial charge in [0.05, 0.1) is 11.8 Å². The summed E-state index contributed by atoms with van der Waals surface area (Å²) in [5.74, 6) is -1.01. The molecule has 1 fully saturated rings. The Kier molecular flexibility index (Phi) is 5.24. The van der Waals surface area contributed by atoms with Crippen molar-refractivity contribution in [3.05, 3.63) is 16.7 Å². The molecule has 0 heterocycles. The van der Waals surface area contributed by atoms with E-state index < -0.39 is 17.7 Å². The lowest BCUT2D eigenvalue weighted by Crippen LogP contribution is -2.35. The van der Waals surface area contributed by atoms with E-state index in [0.717, 1.165) is 12.8 Å². The van der Waals surface area contributed by atoms with Gasteiger partial charge in [0, 0.05) is 12.5 Å². The molecule has 0 aromatic rings. The average molecular weight is 259 g/mol. The quantitative estimate of drug-likeness (QED) is 0.246. The minimum absolute atomic E-state index is 0.0762. The van der Waals surface area contributed by atoms with Crippen LogP contribution in [-0.2, 0) is 14.4 Å². The van der Waals surface area contributed by atoms with Gasteiger partial charge >= 0.3 is 5.97 Å². The Balaban J connectivity index is 2.83. The number of rotatable bonds is 6. The minimum atomic E-state index is -1.04. The van der Waals surface area contributed by atoms with Crippen LogP contribution in [0.15, 0.2) is 17.2 Å². The van der Waals surface area contributed by atoms with Crippen LogP contribution in [-0.4, -0.2) is 29.6 Å². The number of aliphatic hydroxyl groups excluding tert-OH is 2. The summed E-state index contributed by atoms with van der Waals surface area (Å²) < 4.78 is 4.93. The summed E-state index contributed by atoms with van der Waals surface area (Å²) in [4.78, 5) is 25.2. The number of carbonyl (C=O) groups excluding carboxylic acids is 1. The van der Waals surface area contributed by atoms with Crippen LogP contribution in [0.25, 0.3) is 0 Å². The van der Waals surface area contributed by atoms with Crippen LogP contribution in [0, 0.1) is 10.3 Å². The summed E-state index contributed by atoms with van der Waals surface area (Å²) in [5.41, 5.74) is -0.738. The third-order valence-electron chi connectivity index (χ3n) is 3.43. The second-order valence-corrected chi connectivity index (χ2v) is 4.44. The van der Waals surface area contributed by atoms with E-state index in [-0.39, 0.29) is 12.0 Å². The fraction of sp³-hybridized carbons (Fsp3) is 0.727. The summed E-state index contributed by atoms with van der Waals surface area (Å²) in [6.07, 6.45) is 2.76. The van der Waals surface area contributed by atoms with Crippen molar-refractivity contribution in [2.45, 2.75) is 38.4 Å². The number of aliphatic hydroxyl groups is 2. The van der Waals surface area contributed by atoms with Crippen LogP contribution < -0.4 is 0 Å². The third kappa shape index (κ3) is 3.05. The predicted octanol–water partition coefficient (Wildman–Crippen LogP) is 1.57. The highest BCUT2D eigenvalue weighted by Crippen LogP contribution is 2.46. The first-order chi connectivity index (χ1) is 8.59. The van der Waals surface area contributed by atoms with Crippen molar-refractivity contribution in [3.63, 3.8) is 0 Å². The number of nitrogens with zero attached hydrogens (tertiary/aromatic N) is 1. The SMILES string of the molecule is COC(O)C1(C/C(=C/O)C(=O)ON=O)CCCC1. The topological polar surface area (TPSA) is 105 Å². The first-order valence-electron chi connectivity index (χ1n) is 5.68. The molecule has 7 heteroatoms. The molecule has 7 nitrogen and oxygen atoms in total. The third-order valence-corrected chi connectivity index (χ3v) is 3.43. The van der Waals surface area contributed by atoms with Gasteiger partial charge in [-0.25, -0.2) is 4.79 Å². The van der Waals surface area contributed by atoms with Crippen molar-refractivity contribution in [2.75, 3.05) is 7.11 Å². The van der Waals surface area contributed by atoms with E-state index in [4.69, 9.17) is 9.84 Å². The van der Waals surface area contributed by atoms with Crippen molar-refractivity contribution in [3.8, 4) is 0 Å². The number of ether oxygens (including phenoxy) is 1. The Morgan fingerprint density at radius 2 is 2.11 bits per heavy atom. The van der Waals surface area contributed by atoms with Crippen LogP contribution in [0.4, 0.5) is 0 Å². The molecule has 102 valence electrons. The molecule has 1 aliphatic carbocycles. The second-order valence-electron chi connectivity index (χ2n) is 4.44. The highest BCUT2D eigenvalue weighted by molar-refractivity contribution is 5.88. The van der Waals surface area contributed by atoms with Crippen molar-refractivity contribution in [1.29, 1.82) is 0 Å². The maximum atomic E-state index is 11.3. The largest absolute Gasteiger partial charge is 0.515 e. The van der Waals surface area contributed by atoms with E-state index in [0.29, 0.717) is 19.1 Å². The summed E-state index contributed by atoms with van der Waals surface area (Å²) in [5, 5.41) is 20.9. The van der Waals surface area contributed by atoms with Crippen LogP contribution in [0.3, 0.4) is 0 Å². The molecule has 0 aromatic carbocycles. The normalized spacial score (nSPS) is 20.4. The Morgan fingerprint density at radius 1 is 1.50 bits per heavy atom. The lowest BCUT2D eigenvalue weighted by Gasteiger charge is -2.33. The molecule has 0 amide bonds. The zero-order valence-corrected chi connectivity index (χ0v) is 10.2. The van der Waals surface area contributed by atoms with Crippen LogP contribution in [0.5, 0.6) is 0 Å². The van der Waals surface area contributed by atoms with Gasteiger partial charge in [0.15, 0.2) is 11.6 Å². The van der Waals surface area contributed by atoms with Crippen molar-refractivity contribution in [2.24, 2.45) is 10.8 Å². The van der Waals surface area contributed by atoms with Gasteiger partial charge in [0.1, 0.15) is 0 Å². The second kappa shape index (κ2) is 6.46. The van der Waals surface area contributed by atoms with Gasteiger partial charge < -0.3 is 14.9 Å². The molecule has 0 aromatic heterocycles. The van der Waals surface area contributed by atoms with E-state index in [1.54, 1.807) is 0 Å². The van der Waals surface area contributed by atoms with Gasteiger partial charge in [0.2, 0.25) is 0 Å². The molecule has 0 aliphatic heterocycles. The molecule has 1 rings (SSSR count). The molecular weight excluding hydrogens is 242 g/mol. The van der Waals surface area contributed by atoms with E-state index in [1.165, 1.54) is 7.11 Å². The van der Waals surface area contributed by atoms with Gasteiger partial charge in [-0.3, -0.25) is 4.84 Å². The van der Waals surface area contributed by atoms with Gasteiger partial charge in [-0.05, 0) is 19.3 Å². The average Bonchev–Trinajstić information content (AvgIpc) is 2.85. The highest BCUT2D eigenvalue weighted by Gasteiger charge is 2.43. The molecule has 0 bridgehead atoms. The molecule has 18 heavy (non-hydrogen) atoms. The summed E-state index contributed by atoms with van der Waals surface area (Å²) in [6, 6.07) is 0. The van der Waals surface area contributed by atoms with Crippen molar-refractivity contribution < 1.29 is 24.6 Å². The molecule has 0 saturated heterocycles. The Morgan fingerprint density at radius 3 is 2.56 bits per heavy atom. The van der Waals surface area contributed by atoms with Crippen LogP contribution in [0.2, 0.25) is 0 Å². The molecule has 1 atom stereocenters. The molecule has 2 N–H and O–H groups in total. The molecule has 0 radical (unpaired) electrons. The van der Waals surface area contributed by atoms with E-state index in [9.17, 15) is 14.8 Å². The minimum Gasteiger partial charge on any atom is -0.515 e. The van der Waals surface area contributed by atoms with Gasteiger partial charge in [-0.1, -0.05) is 12.8 Å². The molecule has 0 spiro atoms. The maximum Gasteiger partial charge on any atom is 0.368 e. The summed E-state index contributed by atoms with van der Waals surface area (Å²) in [7, 11) is 1.37. The molecule has 1 saturated carbocycles. The summed E-state index contributed by atoms with van der Waals surface area (Å²) >= 11 is 0. The Hall–Kier alpha value is -1.47. The zero-order valence-electron chi connectivity index (χ0n) is 10.2. The van der Waals surface area contributed by atoms with E-state index >= 15 is 0 Å². The smallest absolute Gasteiger partial charge is 0.368 e. The fourth-order valence-electron chi connectivity index (χ4n) is 2.48. The zero-order chi connectivity index (χ0) is 13.6. The number of hydrogen-bond donors (Lipinski definition) is 2. The first-order valence-corrected chi connectivity index (χ1v) is 5.68. The molecule has 1 aliphatic rings. The number of carbonyl (C=O) groups is 1. The van der Waals surface area contributed by atoms with Gasteiger partial charge in [0.25, 0.3) is 0 Å². The number of hydrogen-bond acceptors (Lipinski definition) is 7. The molecular formula is C11H17NO6. The monoisotopic (exact) mass is 259 g/mol. The van der Waals surface area contributed by atoms with Gasteiger partial charge in [-0.15, -0.1) is 4.91 Å². The Bertz CT molecular complexity index is 334. The Labute approximate surface area is 104 Å². The van der Waals surface area contributed by atoms with Crippen LogP contribution >= 0.6 is 0 Å². The fourth-order valence-corrected chi connectivity index (χ4v) is 2.48. The molecule has 1 unspecified atom stereocenters. The predicted molar refractivity (Wildman–Crippen MR) is 61.1 cm³/mol. The highest BCUT2D eigenvalue weighted by atomic mass is 16.7. The van der Waals surface area contributed by atoms with E-state index in [1.807, 2.05) is 5.34 Å². The maximum absolute atomic E-state index is 11.3. The number of methoxy groups -OCH3 is 1. The van der Waals surface area contributed by atoms with Crippen molar-refractivity contribution in [1.82, 2.24) is 0 Å². The standard InChI is InChI=1S/C11H17NO6/c1-17-10(15)11(4-2-3-5-11)6-8(7-13)9(14)18-12-16/h7,10,13,15H,2-6H2,1H3/b8-7-. The van der Waals surface area contributed by atoms with Crippen LogP contribution in [0.1, 0.15) is 32.1 Å². The van der Waals surface area contributed by atoms with Crippen molar-refractivity contribution >= 4 is 5.97 Å². The lowest BCUT2D eigenvalue weighted by molar-refractivity contribution is -0.159. The first kappa shape index (κ1) is 14.6. The van der Waals surface area contributed by atoms with Gasteiger partial charge in [-0.2, -0.15) is 0 Å². The van der Waals surface area contributed by atoms with E-state index in [2.05, 4.69) is 4.84 Å². The lowest BCUT2D eigenvalue weighted by atomic mass is 9.79.